The first kappa shape index (κ1) is 54.5. The van der Waals surface area contributed by atoms with Crippen molar-refractivity contribution in [2.24, 2.45) is 5.41 Å². The molecule has 2 aromatic carbocycles. The third-order valence-corrected chi connectivity index (χ3v) is 6.80. The average Bonchev–Trinajstić information content (AvgIpc) is 3.15. The van der Waals surface area contributed by atoms with Crippen LogP contribution in [-0.2, 0) is 45.7 Å². The van der Waals surface area contributed by atoms with Crippen LogP contribution in [0.1, 0.15) is 44.8 Å². The third-order valence-electron chi connectivity index (χ3n) is 6.80. The van der Waals surface area contributed by atoms with E-state index in [1.165, 1.54) is 12.4 Å². The van der Waals surface area contributed by atoms with Crippen molar-refractivity contribution in [3.63, 3.8) is 0 Å². The molecular weight excluding hydrogens is 862 g/mol. The maximum absolute atomic E-state index is 12.6. The number of nitrogens with one attached hydrogen (secondary N) is 2. The molecular formula is C38H44Cl2N6NiO12+. The summed E-state index contributed by atoms with van der Waals surface area (Å²) in [5.74, 6) is 0.0450. The van der Waals surface area contributed by atoms with Gasteiger partial charge in [0.1, 0.15) is 5.82 Å². The molecule has 2 amide bonds. The molecule has 0 atom stereocenters. The SMILES string of the molecule is CC(=O)NO.CC(C)(C)C(=O)Nc1cccc(CN(Cc2cccc(-c3ccccc3)n2)Cc2cccc(-c3ccccc3)n2)n1.CO.[Ni+3].[O-][Cl+3]([O-])([O-])[O-].[O-][Cl+3]([O-])([O-])[O-]. The van der Waals surface area contributed by atoms with Crippen molar-refractivity contribution in [2.45, 2.75) is 47.3 Å². The van der Waals surface area contributed by atoms with E-state index in [1.807, 2.05) is 87.5 Å². The fourth-order valence-corrected chi connectivity index (χ4v) is 4.47. The summed E-state index contributed by atoms with van der Waals surface area (Å²) in [7, 11) is -8.89. The average molecular weight is 906 g/mol. The van der Waals surface area contributed by atoms with Crippen LogP contribution in [0.2, 0.25) is 0 Å². The number of aromatic nitrogens is 3. The fourth-order valence-electron chi connectivity index (χ4n) is 4.47. The van der Waals surface area contributed by atoms with Gasteiger partial charge in [0.15, 0.2) is 0 Å². The summed E-state index contributed by atoms with van der Waals surface area (Å²) >= 11 is 0. The molecule has 5 aromatic rings. The topological polar surface area (TPSA) is 325 Å². The standard InChI is InChI=1S/C35H35N5O.C2H5NO2.CH4O.2ClHO4.Ni/c1-35(2,3)34(41)39-33-22-12-19-30(38-33)25-40(23-28-17-10-20-31(36-28)26-13-6-4-7-14-26)24-29-18-11-21-32(37-29)27-15-8-5-9-16-27;1-2(4)3-5;1-2;2*2-1(3,4)5;/h4-22H,23-25H2,1-3H3,(H,38,39,41);5H,1H3,(H,3,4);2H,1H3;2*(H,2,3,4,5);/q;;;;;+3/p-2. The van der Waals surface area contributed by atoms with Crippen molar-refractivity contribution in [2.75, 3.05) is 12.4 Å². The Morgan fingerprint density at radius 1 is 0.593 bits per heavy atom. The number of halogens is 2. The zero-order chi connectivity index (χ0) is 43.9. The third kappa shape index (κ3) is 26.2. The Bertz CT molecular complexity index is 1850. The van der Waals surface area contributed by atoms with Gasteiger partial charge in [-0.25, -0.2) is 47.7 Å². The molecule has 0 saturated heterocycles. The molecule has 18 nitrogen and oxygen atoms in total. The Balaban J connectivity index is 0.00000159. The second kappa shape index (κ2) is 27.3. The van der Waals surface area contributed by atoms with Crippen LogP contribution in [0.3, 0.4) is 0 Å². The number of hydrogen-bond acceptors (Lipinski definition) is 16. The number of pyridine rings is 3. The van der Waals surface area contributed by atoms with E-state index < -0.39 is 31.8 Å². The molecule has 0 bridgehead atoms. The Morgan fingerprint density at radius 3 is 1.24 bits per heavy atom. The van der Waals surface area contributed by atoms with Gasteiger partial charge < -0.3 is 10.4 Å². The molecule has 0 aliphatic carbocycles. The summed E-state index contributed by atoms with van der Waals surface area (Å²) in [6.45, 7) is 8.67. The maximum Gasteiger partial charge on any atom is 3.00 e. The number of rotatable bonds is 9. The molecule has 0 fully saturated rings. The molecule has 0 saturated carbocycles. The van der Waals surface area contributed by atoms with E-state index in [9.17, 15) is 9.59 Å². The van der Waals surface area contributed by atoms with E-state index in [0.29, 0.717) is 25.5 Å². The van der Waals surface area contributed by atoms with Crippen molar-refractivity contribution in [1.29, 1.82) is 0 Å². The van der Waals surface area contributed by atoms with Crippen LogP contribution in [0.25, 0.3) is 22.5 Å². The summed E-state index contributed by atoms with van der Waals surface area (Å²) < 4.78 is 67.9. The number of hydroxylamine groups is 1. The molecule has 0 aliphatic rings. The quantitative estimate of drug-likeness (QED) is 0.0651. The molecule has 321 valence electrons. The predicted molar refractivity (Wildman–Crippen MR) is 188 cm³/mol. The summed E-state index contributed by atoms with van der Waals surface area (Å²) in [6.07, 6.45) is 0. The van der Waals surface area contributed by atoms with Gasteiger partial charge in [-0.05, 0) is 36.4 Å². The van der Waals surface area contributed by atoms with Crippen molar-refractivity contribution >= 4 is 17.6 Å². The van der Waals surface area contributed by atoms with Crippen LogP contribution >= 0.6 is 0 Å². The molecule has 0 spiro atoms. The van der Waals surface area contributed by atoms with Gasteiger partial charge >= 0.3 is 16.5 Å². The zero-order valence-electron chi connectivity index (χ0n) is 32.4. The van der Waals surface area contributed by atoms with Crippen LogP contribution in [0.4, 0.5) is 5.82 Å². The Hall–Kier alpha value is -4.54. The summed E-state index contributed by atoms with van der Waals surface area (Å²) in [5, 5.41) is 17.5. The van der Waals surface area contributed by atoms with Gasteiger partial charge in [-0.15, -0.1) is 20.5 Å². The molecule has 0 aliphatic heterocycles. The monoisotopic (exact) mass is 904 g/mol. The first-order chi connectivity index (χ1) is 27.1. The molecule has 21 heteroatoms. The maximum atomic E-state index is 12.6. The minimum absolute atomic E-state index is 0. The van der Waals surface area contributed by atoms with Crippen LogP contribution in [0, 0.1) is 25.9 Å². The van der Waals surface area contributed by atoms with Crippen molar-refractivity contribution in [3.05, 3.63) is 132 Å². The molecule has 59 heavy (non-hydrogen) atoms. The largest absolute Gasteiger partial charge is 3.00 e. The summed E-state index contributed by atoms with van der Waals surface area (Å²) in [4.78, 5) is 39.0. The molecule has 3 heterocycles. The fraction of sp³-hybridized carbons (Fsp3) is 0.237. The van der Waals surface area contributed by atoms with Gasteiger partial charge in [-0.3, -0.25) is 29.7 Å². The first-order valence-electron chi connectivity index (χ1n) is 16.7. The van der Waals surface area contributed by atoms with Crippen molar-refractivity contribution < 1.29 is 94.2 Å². The van der Waals surface area contributed by atoms with E-state index in [-0.39, 0.29) is 22.4 Å². The number of anilines is 1. The van der Waals surface area contributed by atoms with Gasteiger partial charge in [-0.1, -0.05) is 99.6 Å². The van der Waals surface area contributed by atoms with Crippen LogP contribution in [0.15, 0.2) is 115 Å². The molecule has 3 aromatic heterocycles. The van der Waals surface area contributed by atoms with E-state index >= 15 is 0 Å². The Morgan fingerprint density at radius 2 is 0.915 bits per heavy atom. The smallest absolute Gasteiger partial charge is 0.400 e. The van der Waals surface area contributed by atoms with E-state index in [4.69, 9.17) is 62.5 Å². The summed E-state index contributed by atoms with van der Waals surface area (Å²) in [5.41, 5.74) is 7.72. The number of benzene rings is 2. The second-order valence-electron chi connectivity index (χ2n) is 12.5. The van der Waals surface area contributed by atoms with Crippen LogP contribution in [-0.4, -0.2) is 49.1 Å². The number of amides is 2. The Labute approximate surface area is 355 Å². The molecule has 1 radical (unpaired) electrons. The Kier molecular flexibility index (Phi) is 25.2. The van der Waals surface area contributed by atoms with E-state index in [2.05, 4.69) is 58.7 Å². The van der Waals surface area contributed by atoms with Crippen molar-refractivity contribution in [3.8, 4) is 22.5 Å². The van der Waals surface area contributed by atoms with Crippen LogP contribution in [0.5, 0.6) is 0 Å². The van der Waals surface area contributed by atoms with Gasteiger partial charge in [-0.2, -0.15) is 0 Å². The second-order valence-corrected chi connectivity index (χ2v) is 14.1. The zero-order valence-corrected chi connectivity index (χ0v) is 34.9. The van der Waals surface area contributed by atoms with Gasteiger partial charge in [0.05, 0.1) is 28.5 Å². The van der Waals surface area contributed by atoms with E-state index in [1.54, 1.807) is 0 Å². The number of aliphatic hydroxyl groups is 1. The molecule has 0 unspecified atom stereocenters. The minimum Gasteiger partial charge on any atom is -0.400 e. The van der Waals surface area contributed by atoms with Gasteiger partial charge in [0, 0.05) is 50.2 Å². The van der Waals surface area contributed by atoms with Gasteiger partial charge in [0.25, 0.3) is 0 Å². The molecule has 4 N–H and O–H groups in total. The van der Waals surface area contributed by atoms with E-state index in [0.717, 1.165) is 46.7 Å². The number of carbonyl (C=O) groups is 2. The summed E-state index contributed by atoms with van der Waals surface area (Å²) in [6, 6.07) is 38.5. The van der Waals surface area contributed by atoms with Crippen LogP contribution < -0.4 is 48.1 Å². The number of carbonyl (C=O) groups excluding carboxylic acids is 2. The number of hydrogen-bond donors (Lipinski definition) is 4. The predicted octanol–water partition coefficient (Wildman–Crippen LogP) is -3.00. The van der Waals surface area contributed by atoms with Gasteiger partial charge in [0.2, 0.25) is 11.8 Å². The number of aliphatic hydroxyl groups excluding tert-OH is 1. The minimum atomic E-state index is -4.94. The normalized spacial score (nSPS) is 10.6. The number of nitrogens with zero attached hydrogens (tertiary/aromatic N) is 4. The van der Waals surface area contributed by atoms with Crippen molar-refractivity contribution in [1.82, 2.24) is 25.3 Å². The molecule has 5 rings (SSSR count). The first-order valence-corrected chi connectivity index (χ1v) is 19.2.